The molecule has 10 heavy (non-hydrogen) atoms. The van der Waals surface area contributed by atoms with Crippen molar-refractivity contribution in [1.29, 1.82) is 0 Å². The molecule has 1 rings (SSSR count). The summed E-state index contributed by atoms with van der Waals surface area (Å²) in [6.07, 6.45) is 1.44. The number of hydrogen-bond donors (Lipinski definition) is 2. The molecule has 0 unspecified atom stereocenters. The van der Waals surface area contributed by atoms with Crippen LogP contribution in [0.5, 0.6) is 5.75 Å². The molecule has 0 saturated heterocycles. The SMILES string of the molecule is CNCc1ccc(O)cn1. The van der Waals surface area contributed by atoms with Crippen molar-refractivity contribution in [2.75, 3.05) is 7.05 Å². The zero-order valence-electron chi connectivity index (χ0n) is 5.83. The predicted molar refractivity (Wildman–Crippen MR) is 38.7 cm³/mol. The van der Waals surface area contributed by atoms with Gasteiger partial charge in [-0.3, -0.25) is 4.98 Å². The summed E-state index contributed by atoms with van der Waals surface area (Å²) in [4.78, 5) is 3.96. The van der Waals surface area contributed by atoms with Gasteiger partial charge in [-0.2, -0.15) is 0 Å². The Bertz CT molecular complexity index is 195. The molecule has 0 atom stereocenters. The molecule has 0 saturated carbocycles. The molecular weight excluding hydrogens is 128 g/mol. The average Bonchev–Trinajstić information content (AvgIpc) is 1.95. The van der Waals surface area contributed by atoms with E-state index in [1.54, 1.807) is 12.1 Å². The van der Waals surface area contributed by atoms with E-state index in [1.807, 2.05) is 7.05 Å². The van der Waals surface area contributed by atoms with Crippen LogP contribution in [0.1, 0.15) is 5.69 Å². The molecule has 0 bridgehead atoms. The summed E-state index contributed by atoms with van der Waals surface area (Å²) in [5.74, 6) is 0.208. The lowest BCUT2D eigenvalue weighted by molar-refractivity contribution is 0.472. The summed E-state index contributed by atoms with van der Waals surface area (Å²) in [6, 6.07) is 3.41. The monoisotopic (exact) mass is 138 g/mol. The lowest BCUT2D eigenvalue weighted by Crippen LogP contribution is -2.05. The second-order valence-corrected chi connectivity index (χ2v) is 2.04. The number of nitrogens with zero attached hydrogens (tertiary/aromatic N) is 1. The first kappa shape index (κ1) is 7.02. The van der Waals surface area contributed by atoms with E-state index < -0.39 is 0 Å². The molecule has 0 radical (unpaired) electrons. The fourth-order valence-corrected chi connectivity index (χ4v) is 0.702. The second kappa shape index (κ2) is 3.17. The van der Waals surface area contributed by atoms with Crippen LogP contribution in [-0.4, -0.2) is 17.1 Å². The van der Waals surface area contributed by atoms with Gasteiger partial charge in [0.25, 0.3) is 0 Å². The van der Waals surface area contributed by atoms with E-state index >= 15 is 0 Å². The summed E-state index contributed by atoms with van der Waals surface area (Å²) in [7, 11) is 1.86. The molecule has 0 aliphatic rings. The minimum Gasteiger partial charge on any atom is -0.506 e. The first-order chi connectivity index (χ1) is 4.83. The highest BCUT2D eigenvalue weighted by Gasteiger charge is 1.90. The molecule has 54 valence electrons. The minimum atomic E-state index is 0.208. The Morgan fingerprint density at radius 2 is 2.40 bits per heavy atom. The Hall–Kier alpha value is -1.09. The van der Waals surface area contributed by atoms with E-state index in [0.29, 0.717) is 0 Å². The molecule has 0 aliphatic heterocycles. The van der Waals surface area contributed by atoms with Gasteiger partial charge in [0.15, 0.2) is 0 Å². The van der Waals surface area contributed by atoms with Gasteiger partial charge in [-0.1, -0.05) is 0 Å². The van der Waals surface area contributed by atoms with Crippen molar-refractivity contribution in [2.45, 2.75) is 6.54 Å². The number of nitrogens with one attached hydrogen (secondary N) is 1. The lowest BCUT2D eigenvalue weighted by Gasteiger charge is -1.96. The van der Waals surface area contributed by atoms with Crippen molar-refractivity contribution in [3.05, 3.63) is 24.0 Å². The van der Waals surface area contributed by atoms with Crippen LogP contribution in [0, 0.1) is 0 Å². The summed E-state index contributed by atoms with van der Waals surface area (Å²) in [6.45, 7) is 0.736. The highest BCUT2D eigenvalue weighted by atomic mass is 16.3. The molecular formula is C7H10N2O. The maximum atomic E-state index is 8.84. The largest absolute Gasteiger partial charge is 0.506 e. The van der Waals surface area contributed by atoms with Crippen LogP contribution in [0.4, 0.5) is 0 Å². The van der Waals surface area contributed by atoms with Gasteiger partial charge in [0.05, 0.1) is 11.9 Å². The summed E-state index contributed by atoms with van der Waals surface area (Å²) in [5, 5.41) is 11.8. The normalized spacial score (nSPS) is 9.70. The number of aromatic nitrogens is 1. The van der Waals surface area contributed by atoms with Crippen molar-refractivity contribution in [3.63, 3.8) is 0 Å². The van der Waals surface area contributed by atoms with Crippen molar-refractivity contribution >= 4 is 0 Å². The molecule has 1 aromatic rings. The van der Waals surface area contributed by atoms with E-state index in [-0.39, 0.29) is 5.75 Å². The van der Waals surface area contributed by atoms with Crippen LogP contribution in [-0.2, 0) is 6.54 Å². The van der Waals surface area contributed by atoms with E-state index in [0.717, 1.165) is 12.2 Å². The summed E-state index contributed by atoms with van der Waals surface area (Å²) >= 11 is 0. The lowest BCUT2D eigenvalue weighted by atomic mass is 10.3. The molecule has 2 N–H and O–H groups in total. The fraction of sp³-hybridized carbons (Fsp3) is 0.286. The summed E-state index contributed by atoms with van der Waals surface area (Å²) in [5.41, 5.74) is 0.931. The van der Waals surface area contributed by atoms with E-state index in [4.69, 9.17) is 5.11 Å². The quantitative estimate of drug-likeness (QED) is 0.625. The van der Waals surface area contributed by atoms with Crippen LogP contribution >= 0.6 is 0 Å². The molecule has 0 aliphatic carbocycles. The zero-order chi connectivity index (χ0) is 7.40. The van der Waals surface area contributed by atoms with Crippen molar-refractivity contribution < 1.29 is 5.11 Å². The van der Waals surface area contributed by atoms with Crippen LogP contribution in [0.2, 0.25) is 0 Å². The highest BCUT2D eigenvalue weighted by molar-refractivity contribution is 5.17. The van der Waals surface area contributed by atoms with Gasteiger partial charge in [-0.25, -0.2) is 0 Å². The second-order valence-electron chi connectivity index (χ2n) is 2.04. The van der Waals surface area contributed by atoms with Gasteiger partial charge in [0, 0.05) is 6.54 Å². The first-order valence-electron chi connectivity index (χ1n) is 3.11. The Balaban J connectivity index is 2.69. The maximum absolute atomic E-state index is 8.84. The molecule has 0 amide bonds. The number of rotatable bonds is 2. The Kier molecular flexibility index (Phi) is 2.23. The standard InChI is InChI=1S/C7H10N2O/c1-8-4-6-2-3-7(10)5-9-6/h2-3,5,8,10H,4H2,1H3. The van der Waals surface area contributed by atoms with Crippen LogP contribution in [0.3, 0.4) is 0 Å². The van der Waals surface area contributed by atoms with Crippen LogP contribution < -0.4 is 5.32 Å². The molecule has 0 aromatic carbocycles. The van der Waals surface area contributed by atoms with Crippen molar-refractivity contribution in [2.24, 2.45) is 0 Å². The van der Waals surface area contributed by atoms with Gasteiger partial charge < -0.3 is 10.4 Å². The average molecular weight is 138 g/mol. The number of pyridine rings is 1. The van der Waals surface area contributed by atoms with Crippen LogP contribution in [0.15, 0.2) is 18.3 Å². The smallest absolute Gasteiger partial charge is 0.133 e. The molecule has 0 spiro atoms. The van der Waals surface area contributed by atoms with Gasteiger partial charge in [-0.05, 0) is 19.2 Å². The van der Waals surface area contributed by atoms with Gasteiger partial charge >= 0.3 is 0 Å². The third-order valence-corrected chi connectivity index (χ3v) is 1.17. The van der Waals surface area contributed by atoms with Gasteiger partial charge in [-0.15, -0.1) is 0 Å². The van der Waals surface area contributed by atoms with E-state index in [1.165, 1.54) is 6.20 Å². The Morgan fingerprint density at radius 1 is 1.60 bits per heavy atom. The Morgan fingerprint density at radius 3 is 2.90 bits per heavy atom. The minimum absolute atomic E-state index is 0.208. The third kappa shape index (κ3) is 1.70. The predicted octanol–water partition coefficient (Wildman–Crippen LogP) is 0.507. The molecule has 3 nitrogen and oxygen atoms in total. The number of hydrogen-bond acceptors (Lipinski definition) is 3. The van der Waals surface area contributed by atoms with Gasteiger partial charge in [0.2, 0.25) is 0 Å². The van der Waals surface area contributed by atoms with Gasteiger partial charge in [0.1, 0.15) is 5.75 Å². The Labute approximate surface area is 59.7 Å². The van der Waals surface area contributed by atoms with E-state index in [2.05, 4.69) is 10.3 Å². The summed E-state index contributed by atoms with van der Waals surface area (Å²) < 4.78 is 0. The molecule has 0 fully saturated rings. The van der Waals surface area contributed by atoms with Crippen molar-refractivity contribution in [3.8, 4) is 5.75 Å². The number of aromatic hydroxyl groups is 1. The maximum Gasteiger partial charge on any atom is 0.133 e. The molecule has 3 heteroatoms. The zero-order valence-corrected chi connectivity index (χ0v) is 5.83. The highest BCUT2D eigenvalue weighted by Crippen LogP contribution is 2.04. The topological polar surface area (TPSA) is 45.1 Å². The van der Waals surface area contributed by atoms with Crippen molar-refractivity contribution in [1.82, 2.24) is 10.3 Å². The van der Waals surface area contributed by atoms with Crippen LogP contribution in [0.25, 0.3) is 0 Å². The van der Waals surface area contributed by atoms with E-state index in [9.17, 15) is 0 Å². The molecule has 1 heterocycles. The fourth-order valence-electron chi connectivity index (χ4n) is 0.702. The first-order valence-corrected chi connectivity index (χ1v) is 3.11. The third-order valence-electron chi connectivity index (χ3n) is 1.17. The molecule has 1 aromatic heterocycles.